The molecule has 0 spiro atoms. The van der Waals surface area contributed by atoms with E-state index in [2.05, 4.69) is 26.5 Å². The number of hydrazone groups is 1. The summed E-state index contributed by atoms with van der Waals surface area (Å²) in [6.07, 6.45) is 1.39. The zero-order valence-corrected chi connectivity index (χ0v) is 20.4. The van der Waals surface area contributed by atoms with E-state index in [-0.39, 0.29) is 5.75 Å². The molecule has 0 fully saturated rings. The second kappa shape index (κ2) is 11.9. The Morgan fingerprint density at radius 3 is 2.26 bits per heavy atom. The number of hydrogen-bond acceptors (Lipinski definition) is 7. The van der Waals surface area contributed by atoms with Crippen molar-refractivity contribution in [3.63, 3.8) is 0 Å². The lowest BCUT2D eigenvalue weighted by Crippen LogP contribution is -2.18. The van der Waals surface area contributed by atoms with Crippen LogP contribution in [-0.2, 0) is 0 Å². The standard InChI is InChI=1S/C25H23BrN2O6/c1-4-33-20-9-5-16(6-10-20)25(30)34-21-12-8-19(26)13-18(21)15-27-28-24(29)17-7-11-22(31-2)23(14-17)32-3/h5-15H,4H2,1-3H3,(H,28,29). The van der Waals surface area contributed by atoms with Crippen LogP contribution in [-0.4, -0.2) is 38.9 Å². The van der Waals surface area contributed by atoms with Gasteiger partial charge in [0, 0.05) is 15.6 Å². The second-order valence-electron chi connectivity index (χ2n) is 6.80. The van der Waals surface area contributed by atoms with Gasteiger partial charge >= 0.3 is 5.97 Å². The van der Waals surface area contributed by atoms with E-state index in [4.69, 9.17) is 18.9 Å². The van der Waals surface area contributed by atoms with Gasteiger partial charge in [0.15, 0.2) is 11.5 Å². The smallest absolute Gasteiger partial charge is 0.343 e. The number of halogens is 1. The van der Waals surface area contributed by atoms with E-state index in [9.17, 15) is 9.59 Å². The molecular formula is C25H23BrN2O6. The first kappa shape index (κ1) is 24.8. The third kappa shape index (κ3) is 6.35. The zero-order valence-electron chi connectivity index (χ0n) is 18.8. The van der Waals surface area contributed by atoms with Gasteiger partial charge in [0.25, 0.3) is 5.91 Å². The first-order valence-electron chi connectivity index (χ1n) is 10.2. The molecule has 3 aromatic rings. The van der Waals surface area contributed by atoms with Gasteiger partial charge in [0.1, 0.15) is 11.5 Å². The topological polar surface area (TPSA) is 95.5 Å². The Kier molecular flexibility index (Phi) is 8.64. The monoisotopic (exact) mass is 526 g/mol. The summed E-state index contributed by atoms with van der Waals surface area (Å²) >= 11 is 3.39. The van der Waals surface area contributed by atoms with Crippen LogP contribution in [0, 0.1) is 0 Å². The summed E-state index contributed by atoms with van der Waals surface area (Å²) < 4.78 is 22.1. The largest absolute Gasteiger partial charge is 0.494 e. The lowest BCUT2D eigenvalue weighted by molar-refractivity contribution is 0.0734. The molecule has 3 aromatic carbocycles. The molecule has 3 rings (SSSR count). The van der Waals surface area contributed by atoms with Gasteiger partial charge in [-0.05, 0) is 67.6 Å². The highest BCUT2D eigenvalue weighted by Gasteiger charge is 2.13. The van der Waals surface area contributed by atoms with E-state index >= 15 is 0 Å². The van der Waals surface area contributed by atoms with Crippen molar-refractivity contribution in [1.29, 1.82) is 0 Å². The molecule has 176 valence electrons. The molecule has 0 aliphatic heterocycles. The van der Waals surface area contributed by atoms with Gasteiger partial charge in [-0.15, -0.1) is 0 Å². The first-order valence-corrected chi connectivity index (χ1v) is 11.0. The second-order valence-corrected chi connectivity index (χ2v) is 7.71. The van der Waals surface area contributed by atoms with E-state index in [0.29, 0.717) is 40.5 Å². The average Bonchev–Trinajstić information content (AvgIpc) is 2.85. The number of nitrogens with one attached hydrogen (secondary N) is 1. The van der Waals surface area contributed by atoms with Crippen LogP contribution >= 0.6 is 15.9 Å². The fraction of sp³-hybridized carbons (Fsp3) is 0.160. The third-order valence-corrected chi connectivity index (χ3v) is 5.08. The molecule has 0 saturated heterocycles. The summed E-state index contributed by atoms with van der Waals surface area (Å²) in [4.78, 5) is 25.1. The van der Waals surface area contributed by atoms with Gasteiger partial charge in [-0.1, -0.05) is 15.9 Å². The summed E-state index contributed by atoms with van der Waals surface area (Å²) in [5.74, 6) is 0.909. The van der Waals surface area contributed by atoms with Crippen LogP contribution in [0.5, 0.6) is 23.0 Å². The molecule has 0 unspecified atom stereocenters. The molecule has 0 aromatic heterocycles. The molecule has 0 heterocycles. The highest BCUT2D eigenvalue weighted by Crippen LogP contribution is 2.27. The van der Waals surface area contributed by atoms with Gasteiger partial charge in [0.2, 0.25) is 0 Å². The van der Waals surface area contributed by atoms with E-state index < -0.39 is 11.9 Å². The molecule has 1 N–H and O–H groups in total. The van der Waals surface area contributed by atoms with Gasteiger partial charge in [0.05, 0.1) is 32.6 Å². The molecule has 0 aliphatic carbocycles. The molecule has 0 bridgehead atoms. The van der Waals surface area contributed by atoms with Crippen LogP contribution in [0.25, 0.3) is 0 Å². The highest BCUT2D eigenvalue weighted by molar-refractivity contribution is 9.10. The molecule has 0 radical (unpaired) electrons. The predicted molar refractivity (Wildman–Crippen MR) is 131 cm³/mol. The minimum atomic E-state index is -0.533. The quantitative estimate of drug-likeness (QED) is 0.185. The van der Waals surface area contributed by atoms with Gasteiger partial charge in [-0.2, -0.15) is 5.10 Å². The van der Waals surface area contributed by atoms with Crippen molar-refractivity contribution in [1.82, 2.24) is 5.43 Å². The summed E-state index contributed by atoms with van der Waals surface area (Å²) in [7, 11) is 3.00. The summed E-state index contributed by atoms with van der Waals surface area (Å²) in [5, 5.41) is 4.00. The minimum absolute atomic E-state index is 0.284. The van der Waals surface area contributed by atoms with Gasteiger partial charge in [-0.3, -0.25) is 4.79 Å². The maximum atomic E-state index is 12.6. The SMILES string of the molecule is CCOc1ccc(C(=O)Oc2ccc(Br)cc2C=NNC(=O)c2ccc(OC)c(OC)c2)cc1. The Morgan fingerprint density at radius 2 is 1.59 bits per heavy atom. The van der Waals surface area contributed by atoms with Crippen molar-refractivity contribution >= 4 is 34.0 Å². The third-order valence-electron chi connectivity index (χ3n) is 4.59. The average molecular weight is 527 g/mol. The Labute approximate surface area is 205 Å². The predicted octanol–water partition coefficient (Wildman–Crippen LogP) is 4.85. The molecule has 34 heavy (non-hydrogen) atoms. The molecule has 1 amide bonds. The Morgan fingerprint density at radius 1 is 0.912 bits per heavy atom. The van der Waals surface area contributed by atoms with Crippen LogP contribution in [0.3, 0.4) is 0 Å². The molecular weight excluding hydrogens is 504 g/mol. The molecule has 8 nitrogen and oxygen atoms in total. The van der Waals surface area contributed by atoms with Crippen molar-refractivity contribution in [2.45, 2.75) is 6.92 Å². The Bertz CT molecular complexity index is 1190. The molecule has 0 aliphatic rings. The number of esters is 1. The summed E-state index contributed by atoms with van der Waals surface area (Å²) in [6.45, 7) is 2.42. The Balaban J connectivity index is 1.72. The van der Waals surface area contributed by atoms with E-state index in [1.54, 1.807) is 60.7 Å². The van der Waals surface area contributed by atoms with E-state index in [1.807, 2.05) is 6.92 Å². The number of carbonyl (C=O) groups is 2. The maximum Gasteiger partial charge on any atom is 0.343 e. The van der Waals surface area contributed by atoms with Crippen LogP contribution in [0.15, 0.2) is 70.2 Å². The highest BCUT2D eigenvalue weighted by atomic mass is 79.9. The molecule has 9 heteroatoms. The van der Waals surface area contributed by atoms with Gasteiger partial charge < -0.3 is 18.9 Å². The van der Waals surface area contributed by atoms with E-state index in [0.717, 1.165) is 4.47 Å². The first-order chi connectivity index (χ1) is 16.4. The van der Waals surface area contributed by atoms with Crippen molar-refractivity contribution in [3.05, 3.63) is 81.8 Å². The van der Waals surface area contributed by atoms with Crippen LogP contribution in [0.2, 0.25) is 0 Å². The number of amides is 1. The number of rotatable bonds is 9. The number of nitrogens with zero attached hydrogens (tertiary/aromatic N) is 1. The van der Waals surface area contributed by atoms with Crippen molar-refractivity contribution in [3.8, 4) is 23.0 Å². The Hall–Kier alpha value is -3.85. The number of carbonyl (C=O) groups excluding carboxylic acids is 2. The number of methoxy groups -OCH3 is 2. The minimum Gasteiger partial charge on any atom is -0.494 e. The zero-order chi connectivity index (χ0) is 24.5. The molecule has 0 atom stereocenters. The molecule has 0 saturated carbocycles. The maximum absolute atomic E-state index is 12.6. The number of benzene rings is 3. The lowest BCUT2D eigenvalue weighted by Gasteiger charge is -2.09. The van der Waals surface area contributed by atoms with Crippen molar-refractivity contribution in [2.75, 3.05) is 20.8 Å². The van der Waals surface area contributed by atoms with Crippen LogP contribution < -0.4 is 24.4 Å². The van der Waals surface area contributed by atoms with Crippen LogP contribution in [0.1, 0.15) is 33.2 Å². The number of hydrogen-bond donors (Lipinski definition) is 1. The fourth-order valence-electron chi connectivity index (χ4n) is 2.93. The normalized spacial score (nSPS) is 10.6. The lowest BCUT2D eigenvalue weighted by atomic mass is 10.2. The van der Waals surface area contributed by atoms with E-state index in [1.165, 1.54) is 20.4 Å². The summed E-state index contributed by atoms with van der Waals surface area (Å²) in [5.41, 5.74) is 3.65. The van der Waals surface area contributed by atoms with Crippen LogP contribution in [0.4, 0.5) is 0 Å². The summed E-state index contributed by atoms with van der Waals surface area (Å²) in [6, 6.07) is 16.5. The van der Waals surface area contributed by atoms with Gasteiger partial charge in [-0.25, -0.2) is 10.2 Å². The van der Waals surface area contributed by atoms with Crippen molar-refractivity contribution in [2.24, 2.45) is 5.10 Å². The fourth-order valence-corrected chi connectivity index (χ4v) is 3.31. The van der Waals surface area contributed by atoms with Crippen molar-refractivity contribution < 1.29 is 28.5 Å². The number of ether oxygens (including phenoxy) is 4.